The van der Waals surface area contributed by atoms with Gasteiger partial charge in [-0.3, -0.25) is 0 Å². The molecule has 2 atom stereocenters. The van der Waals surface area contributed by atoms with Crippen LogP contribution in [-0.2, 0) is 0 Å². The van der Waals surface area contributed by atoms with E-state index in [2.05, 4.69) is 10.3 Å². The summed E-state index contributed by atoms with van der Waals surface area (Å²) in [5, 5.41) is 3.08. The lowest BCUT2D eigenvalue weighted by molar-refractivity contribution is 0.229. The topological polar surface area (TPSA) is 78.1 Å². The average Bonchev–Trinajstić information content (AvgIpc) is 2.90. The third-order valence-corrected chi connectivity index (χ3v) is 3.94. The Hall–Kier alpha value is -2.16. The molecule has 0 aliphatic carbocycles. The van der Waals surface area contributed by atoms with Crippen molar-refractivity contribution < 1.29 is 14.2 Å². The molecule has 1 aliphatic heterocycles. The van der Waals surface area contributed by atoms with Gasteiger partial charge in [0, 0.05) is 11.6 Å². The van der Waals surface area contributed by atoms with Crippen molar-refractivity contribution in [1.29, 1.82) is 0 Å². The molecule has 134 valence electrons. The van der Waals surface area contributed by atoms with E-state index in [-0.39, 0.29) is 36.1 Å². The van der Waals surface area contributed by atoms with E-state index in [0.29, 0.717) is 23.1 Å². The predicted molar refractivity (Wildman–Crippen MR) is 109 cm³/mol. The van der Waals surface area contributed by atoms with Gasteiger partial charge < -0.3 is 25.3 Å². The lowest BCUT2D eigenvalue weighted by atomic mass is 10.1. The van der Waals surface area contributed by atoms with Gasteiger partial charge in [-0.1, -0.05) is 18.2 Å². The first-order valence-corrected chi connectivity index (χ1v) is 7.70. The van der Waals surface area contributed by atoms with Crippen molar-refractivity contribution in [3.8, 4) is 17.2 Å². The molecule has 0 amide bonds. The molecule has 0 spiro atoms. The Bertz CT molecular complexity index is 767. The number of anilines is 1. The van der Waals surface area contributed by atoms with E-state index in [4.69, 9.17) is 19.9 Å². The van der Waals surface area contributed by atoms with Gasteiger partial charge in [-0.15, -0.1) is 24.0 Å². The predicted octanol–water partition coefficient (Wildman–Crippen LogP) is 3.57. The smallest absolute Gasteiger partial charge is 0.193 e. The fraction of sp³-hybridized carbons (Fsp3) is 0.278. The molecule has 1 aliphatic rings. The molecule has 25 heavy (non-hydrogen) atoms. The second-order valence-electron chi connectivity index (χ2n) is 5.51. The Morgan fingerprint density at radius 2 is 1.92 bits per heavy atom. The van der Waals surface area contributed by atoms with Crippen LogP contribution in [0.15, 0.2) is 47.5 Å². The largest absolute Gasteiger partial charge is 0.497 e. The molecule has 6 nitrogen and oxygen atoms in total. The molecule has 0 saturated heterocycles. The van der Waals surface area contributed by atoms with Crippen molar-refractivity contribution in [2.24, 2.45) is 10.7 Å². The van der Waals surface area contributed by atoms with Gasteiger partial charge in [-0.25, -0.2) is 4.99 Å². The van der Waals surface area contributed by atoms with Gasteiger partial charge in [0.2, 0.25) is 0 Å². The highest BCUT2D eigenvalue weighted by molar-refractivity contribution is 14.0. The van der Waals surface area contributed by atoms with Gasteiger partial charge in [0.1, 0.15) is 29.4 Å². The quantitative estimate of drug-likeness (QED) is 0.419. The Morgan fingerprint density at radius 3 is 2.64 bits per heavy atom. The fourth-order valence-electron chi connectivity index (χ4n) is 2.76. The highest BCUT2D eigenvalue weighted by atomic mass is 127. The van der Waals surface area contributed by atoms with Crippen molar-refractivity contribution in [2.45, 2.75) is 19.1 Å². The number of methoxy groups -OCH3 is 2. The minimum Gasteiger partial charge on any atom is -0.497 e. The lowest BCUT2D eigenvalue weighted by Crippen LogP contribution is -2.25. The number of benzene rings is 2. The van der Waals surface area contributed by atoms with Gasteiger partial charge in [0.05, 0.1) is 19.9 Å². The molecule has 0 saturated carbocycles. The number of hydrogen-bond acceptors (Lipinski definition) is 4. The summed E-state index contributed by atoms with van der Waals surface area (Å²) in [6.45, 7) is 1.98. The van der Waals surface area contributed by atoms with Crippen molar-refractivity contribution in [3.05, 3.63) is 48.0 Å². The molecule has 0 aromatic heterocycles. The van der Waals surface area contributed by atoms with Crippen LogP contribution in [0.4, 0.5) is 5.69 Å². The first-order valence-electron chi connectivity index (χ1n) is 7.70. The van der Waals surface area contributed by atoms with Crippen molar-refractivity contribution in [1.82, 2.24) is 0 Å². The number of rotatable bonds is 4. The fourth-order valence-corrected chi connectivity index (χ4v) is 2.76. The maximum Gasteiger partial charge on any atom is 0.193 e. The maximum absolute atomic E-state index is 6.11. The molecule has 3 rings (SSSR count). The number of fused-ring (bicyclic) bond motifs is 1. The summed E-state index contributed by atoms with van der Waals surface area (Å²) in [4.78, 5) is 4.59. The van der Waals surface area contributed by atoms with Gasteiger partial charge in [0.25, 0.3) is 0 Å². The molecule has 1 heterocycles. The number of aliphatic imine (C=N–C) groups is 1. The lowest BCUT2D eigenvalue weighted by Gasteiger charge is -2.15. The van der Waals surface area contributed by atoms with Crippen LogP contribution in [0.25, 0.3) is 0 Å². The molecule has 0 fully saturated rings. The summed E-state index contributed by atoms with van der Waals surface area (Å²) < 4.78 is 16.4. The summed E-state index contributed by atoms with van der Waals surface area (Å²) in [7, 11) is 3.21. The van der Waals surface area contributed by atoms with Crippen molar-refractivity contribution >= 4 is 35.6 Å². The molecular weight excluding hydrogens is 433 g/mol. The second kappa shape index (κ2) is 8.28. The molecule has 7 heteroatoms. The minimum absolute atomic E-state index is 0. The SMILES string of the molecule is COc1ccc(OC)c(NC(N)=NC2c3ccccc3OC2C)c1.I. The molecule has 0 radical (unpaired) electrons. The standard InChI is InChI=1S/C18H21N3O3.HI/c1-11-17(13-6-4-5-7-15(13)24-11)21-18(19)20-14-10-12(22-2)8-9-16(14)23-3;/h4-11,17H,1-3H3,(H3,19,20,21);1H. The zero-order chi connectivity index (χ0) is 17.1. The first kappa shape index (κ1) is 19.2. The number of hydrogen-bond donors (Lipinski definition) is 2. The summed E-state index contributed by atoms with van der Waals surface area (Å²) in [5.41, 5.74) is 7.83. The van der Waals surface area contributed by atoms with E-state index in [1.54, 1.807) is 14.2 Å². The zero-order valence-electron chi connectivity index (χ0n) is 14.4. The van der Waals surface area contributed by atoms with Crippen LogP contribution in [0.2, 0.25) is 0 Å². The van der Waals surface area contributed by atoms with E-state index < -0.39 is 0 Å². The number of para-hydroxylation sites is 1. The van der Waals surface area contributed by atoms with Crippen LogP contribution in [0, 0.1) is 0 Å². The molecule has 2 aromatic rings. The number of ether oxygens (including phenoxy) is 3. The van der Waals surface area contributed by atoms with Gasteiger partial charge in [-0.2, -0.15) is 0 Å². The number of halogens is 1. The van der Waals surface area contributed by atoms with E-state index >= 15 is 0 Å². The summed E-state index contributed by atoms with van der Waals surface area (Å²) in [5.74, 6) is 2.50. The van der Waals surface area contributed by atoms with Gasteiger partial charge >= 0.3 is 0 Å². The minimum atomic E-state index is -0.148. The van der Waals surface area contributed by atoms with E-state index in [0.717, 1.165) is 11.3 Å². The monoisotopic (exact) mass is 455 g/mol. The second-order valence-corrected chi connectivity index (χ2v) is 5.51. The number of nitrogens with zero attached hydrogens (tertiary/aromatic N) is 1. The Kier molecular flexibility index (Phi) is 6.35. The van der Waals surface area contributed by atoms with E-state index in [1.165, 1.54) is 0 Å². The number of guanidine groups is 1. The highest BCUT2D eigenvalue weighted by Crippen LogP contribution is 2.38. The van der Waals surface area contributed by atoms with Crippen molar-refractivity contribution in [3.63, 3.8) is 0 Å². The van der Waals surface area contributed by atoms with Crippen LogP contribution in [-0.4, -0.2) is 26.3 Å². The Balaban J connectivity index is 0.00000225. The van der Waals surface area contributed by atoms with Crippen LogP contribution in [0.5, 0.6) is 17.2 Å². The molecule has 3 N–H and O–H groups in total. The number of nitrogens with two attached hydrogens (primary N) is 1. The maximum atomic E-state index is 6.11. The van der Waals surface area contributed by atoms with Gasteiger partial charge in [-0.05, 0) is 25.1 Å². The number of nitrogens with one attached hydrogen (secondary N) is 1. The summed E-state index contributed by atoms with van der Waals surface area (Å²) >= 11 is 0. The van der Waals surface area contributed by atoms with Crippen molar-refractivity contribution in [2.75, 3.05) is 19.5 Å². The van der Waals surface area contributed by atoms with Gasteiger partial charge in [0.15, 0.2) is 5.96 Å². The molecule has 2 aromatic carbocycles. The van der Waals surface area contributed by atoms with Crippen LogP contribution >= 0.6 is 24.0 Å². The van der Waals surface area contributed by atoms with E-state index in [1.807, 2.05) is 49.4 Å². The first-order chi connectivity index (χ1) is 11.6. The summed E-state index contributed by atoms with van der Waals surface area (Å²) in [6, 6.07) is 13.2. The molecule has 0 bridgehead atoms. The zero-order valence-corrected chi connectivity index (χ0v) is 16.7. The molecule has 2 unspecified atom stereocenters. The van der Waals surface area contributed by atoms with Crippen LogP contribution in [0.3, 0.4) is 0 Å². The Labute approximate surface area is 164 Å². The third kappa shape index (κ3) is 4.09. The average molecular weight is 455 g/mol. The van der Waals surface area contributed by atoms with Crippen LogP contribution < -0.4 is 25.3 Å². The summed E-state index contributed by atoms with van der Waals surface area (Å²) in [6.07, 6.45) is -0.0741. The third-order valence-electron chi connectivity index (χ3n) is 3.94. The highest BCUT2D eigenvalue weighted by Gasteiger charge is 2.30. The Morgan fingerprint density at radius 1 is 1.16 bits per heavy atom. The molecular formula is C18H22IN3O3. The van der Waals surface area contributed by atoms with Crippen LogP contribution in [0.1, 0.15) is 18.5 Å². The van der Waals surface area contributed by atoms with E-state index in [9.17, 15) is 0 Å². The normalized spacial score (nSPS) is 18.6.